The van der Waals surface area contributed by atoms with Crippen LogP contribution in [0.5, 0.6) is 5.75 Å². The van der Waals surface area contributed by atoms with Gasteiger partial charge in [0.2, 0.25) is 10.0 Å². The van der Waals surface area contributed by atoms with Gasteiger partial charge in [-0.15, -0.1) is 0 Å². The molecule has 1 atom stereocenters. The zero-order valence-electron chi connectivity index (χ0n) is 12.7. The van der Waals surface area contributed by atoms with E-state index in [0.29, 0.717) is 17.8 Å². The topological polar surface area (TPSA) is 81.2 Å². The largest absolute Gasteiger partial charge is 0.491 e. The van der Waals surface area contributed by atoms with E-state index in [1.807, 2.05) is 0 Å². The van der Waals surface area contributed by atoms with Crippen molar-refractivity contribution in [3.05, 3.63) is 47.5 Å². The van der Waals surface area contributed by atoms with Gasteiger partial charge in [0.05, 0.1) is 18.0 Å². The smallest absolute Gasteiger partial charge is 0.241 e. The van der Waals surface area contributed by atoms with Crippen molar-refractivity contribution in [3.8, 4) is 5.75 Å². The molecule has 0 aliphatic rings. The second kappa shape index (κ2) is 6.55. The third kappa shape index (κ3) is 3.80. The molecule has 0 saturated heterocycles. The highest BCUT2D eigenvalue weighted by Crippen LogP contribution is 2.25. The van der Waals surface area contributed by atoms with Gasteiger partial charge in [-0.05, 0) is 32.0 Å². The minimum absolute atomic E-state index is 0.253. The molecule has 1 heterocycles. The predicted molar refractivity (Wildman–Crippen MR) is 78.4 cm³/mol. The van der Waals surface area contributed by atoms with E-state index in [0.717, 1.165) is 7.11 Å². The number of halogens is 2. The van der Waals surface area contributed by atoms with Crippen LogP contribution in [-0.4, -0.2) is 25.5 Å². The van der Waals surface area contributed by atoms with Crippen LogP contribution >= 0.6 is 0 Å². The van der Waals surface area contributed by atoms with E-state index in [1.54, 1.807) is 13.0 Å². The predicted octanol–water partition coefficient (Wildman–Crippen LogP) is 2.11. The Bertz CT molecular complexity index is 805. The van der Waals surface area contributed by atoms with Gasteiger partial charge in [-0.3, -0.25) is 0 Å². The van der Waals surface area contributed by atoms with Crippen molar-refractivity contribution >= 4 is 10.0 Å². The van der Waals surface area contributed by atoms with E-state index >= 15 is 0 Å². The average molecular weight is 343 g/mol. The second-order valence-electron chi connectivity index (χ2n) is 4.82. The molecule has 0 amide bonds. The van der Waals surface area contributed by atoms with Gasteiger partial charge < -0.3 is 4.74 Å². The molecule has 0 bridgehead atoms. The van der Waals surface area contributed by atoms with E-state index in [4.69, 9.17) is 0 Å². The lowest BCUT2D eigenvalue weighted by molar-refractivity contribution is 0.358. The summed E-state index contributed by atoms with van der Waals surface area (Å²) < 4.78 is 58.7. The third-order valence-corrected chi connectivity index (χ3v) is 4.54. The van der Waals surface area contributed by atoms with Gasteiger partial charge in [0.15, 0.2) is 17.4 Å². The summed E-state index contributed by atoms with van der Waals surface area (Å²) in [5, 5.41) is 0. The Morgan fingerprint density at radius 1 is 1.26 bits per heavy atom. The lowest BCUT2D eigenvalue weighted by atomic mass is 10.3. The number of hydrogen-bond acceptors (Lipinski definition) is 5. The minimum atomic E-state index is -4.16. The van der Waals surface area contributed by atoms with Gasteiger partial charge in [0, 0.05) is 11.9 Å². The molecule has 1 aromatic carbocycles. The number of aromatic nitrogens is 2. The molecule has 23 heavy (non-hydrogen) atoms. The maximum atomic E-state index is 13.7. The molecule has 0 radical (unpaired) electrons. The first-order valence-corrected chi connectivity index (χ1v) is 8.08. The van der Waals surface area contributed by atoms with Crippen molar-refractivity contribution < 1.29 is 21.9 Å². The molecule has 0 aliphatic heterocycles. The third-order valence-electron chi connectivity index (χ3n) is 3.02. The summed E-state index contributed by atoms with van der Waals surface area (Å²) in [5.41, 5.74) is 0.669. The van der Waals surface area contributed by atoms with Crippen LogP contribution in [-0.2, 0) is 10.0 Å². The van der Waals surface area contributed by atoms with Crippen LogP contribution in [0.3, 0.4) is 0 Å². The van der Waals surface area contributed by atoms with Crippen LogP contribution < -0.4 is 9.46 Å². The molecule has 0 spiro atoms. The van der Waals surface area contributed by atoms with Gasteiger partial charge in [0.25, 0.3) is 0 Å². The zero-order chi connectivity index (χ0) is 17.2. The van der Waals surface area contributed by atoms with Crippen LogP contribution in [0, 0.1) is 18.6 Å². The number of nitrogens with one attached hydrogen (secondary N) is 1. The van der Waals surface area contributed by atoms with Gasteiger partial charge in [-0.1, -0.05) is 0 Å². The molecule has 1 N–H and O–H groups in total. The summed E-state index contributed by atoms with van der Waals surface area (Å²) in [5.74, 6) is -2.60. The number of benzene rings is 1. The van der Waals surface area contributed by atoms with Gasteiger partial charge in [-0.25, -0.2) is 31.9 Å². The molecular weight excluding hydrogens is 328 g/mol. The summed E-state index contributed by atoms with van der Waals surface area (Å²) in [6.45, 7) is 3.27. The highest BCUT2D eigenvalue weighted by molar-refractivity contribution is 7.89. The van der Waals surface area contributed by atoms with E-state index in [9.17, 15) is 17.2 Å². The highest BCUT2D eigenvalue weighted by Gasteiger charge is 2.23. The fourth-order valence-corrected chi connectivity index (χ4v) is 3.14. The van der Waals surface area contributed by atoms with Gasteiger partial charge in [0.1, 0.15) is 5.82 Å². The molecule has 0 saturated carbocycles. The van der Waals surface area contributed by atoms with Crippen molar-refractivity contribution in [3.63, 3.8) is 0 Å². The van der Waals surface area contributed by atoms with Crippen LogP contribution in [0.15, 0.2) is 29.3 Å². The SMILES string of the molecule is COc1c(F)cc(S(=O)(=O)NC(C)c2nccc(C)n2)cc1F. The van der Waals surface area contributed by atoms with Gasteiger partial charge in [-0.2, -0.15) is 0 Å². The van der Waals surface area contributed by atoms with Crippen molar-refractivity contribution in [1.29, 1.82) is 0 Å². The number of ether oxygens (including phenoxy) is 1. The molecule has 0 fully saturated rings. The normalized spacial score (nSPS) is 12.9. The lowest BCUT2D eigenvalue weighted by Crippen LogP contribution is -2.28. The number of hydrogen-bond donors (Lipinski definition) is 1. The Morgan fingerprint density at radius 3 is 2.39 bits per heavy atom. The van der Waals surface area contributed by atoms with E-state index in [1.165, 1.54) is 13.1 Å². The summed E-state index contributed by atoms with van der Waals surface area (Å²) in [7, 11) is -3.07. The van der Waals surface area contributed by atoms with E-state index in [2.05, 4.69) is 19.4 Å². The van der Waals surface area contributed by atoms with Crippen molar-refractivity contribution in [2.24, 2.45) is 0 Å². The first kappa shape index (κ1) is 17.2. The van der Waals surface area contributed by atoms with Crippen molar-refractivity contribution in [2.75, 3.05) is 7.11 Å². The number of aryl methyl sites for hydroxylation is 1. The molecule has 1 unspecified atom stereocenters. The quantitative estimate of drug-likeness (QED) is 0.899. The summed E-state index contributed by atoms with van der Waals surface area (Å²) >= 11 is 0. The van der Waals surface area contributed by atoms with Crippen LogP contribution in [0.2, 0.25) is 0 Å². The second-order valence-corrected chi connectivity index (χ2v) is 6.53. The van der Waals surface area contributed by atoms with Gasteiger partial charge >= 0.3 is 0 Å². The molecule has 2 aromatic rings. The fourth-order valence-electron chi connectivity index (χ4n) is 1.92. The maximum absolute atomic E-state index is 13.7. The monoisotopic (exact) mass is 343 g/mol. The average Bonchev–Trinajstić information content (AvgIpc) is 2.46. The van der Waals surface area contributed by atoms with E-state index < -0.39 is 38.3 Å². The fraction of sp³-hybridized carbons (Fsp3) is 0.286. The Balaban J connectivity index is 2.32. The summed E-state index contributed by atoms with van der Waals surface area (Å²) in [6, 6.07) is 2.27. The molecule has 2 rings (SSSR count). The van der Waals surface area contributed by atoms with Crippen LogP contribution in [0.1, 0.15) is 24.5 Å². The lowest BCUT2D eigenvalue weighted by Gasteiger charge is -2.14. The number of methoxy groups -OCH3 is 1. The first-order chi connectivity index (χ1) is 10.7. The van der Waals surface area contributed by atoms with Crippen LogP contribution in [0.4, 0.5) is 8.78 Å². The van der Waals surface area contributed by atoms with Crippen molar-refractivity contribution in [2.45, 2.75) is 24.8 Å². The zero-order valence-corrected chi connectivity index (χ0v) is 13.5. The highest BCUT2D eigenvalue weighted by atomic mass is 32.2. The Morgan fingerprint density at radius 2 is 1.87 bits per heavy atom. The molecule has 124 valence electrons. The van der Waals surface area contributed by atoms with Crippen molar-refractivity contribution in [1.82, 2.24) is 14.7 Å². The number of sulfonamides is 1. The van der Waals surface area contributed by atoms with Crippen LogP contribution in [0.25, 0.3) is 0 Å². The Labute approximate surface area is 132 Å². The minimum Gasteiger partial charge on any atom is -0.491 e. The summed E-state index contributed by atoms with van der Waals surface area (Å²) in [4.78, 5) is 7.53. The standard InChI is InChI=1S/C14H15F2N3O3S/c1-8-4-5-17-14(18-8)9(2)19-23(20,21)10-6-11(15)13(22-3)12(16)7-10/h4-7,9,19H,1-3H3. The Hall–Kier alpha value is -2.13. The maximum Gasteiger partial charge on any atom is 0.241 e. The van der Waals surface area contributed by atoms with E-state index in [-0.39, 0.29) is 5.82 Å². The first-order valence-electron chi connectivity index (χ1n) is 6.59. The number of rotatable bonds is 5. The molecular formula is C14H15F2N3O3S. The molecule has 1 aromatic heterocycles. The summed E-state index contributed by atoms with van der Waals surface area (Å²) in [6.07, 6.45) is 1.50. The molecule has 0 aliphatic carbocycles. The number of nitrogens with zero attached hydrogens (tertiary/aromatic N) is 2. The Kier molecular flexibility index (Phi) is 4.90. The molecule has 6 nitrogen and oxygen atoms in total. The molecule has 9 heteroatoms.